The van der Waals surface area contributed by atoms with Crippen molar-refractivity contribution in [1.82, 2.24) is 4.90 Å². The van der Waals surface area contributed by atoms with E-state index in [0.717, 1.165) is 25.5 Å². The second-order valence-corrected chi connectivity index (χ2v) is 4.70. The first-order chi connectivity index (χ1) is 8.50. The van der Waals surface area contributed by atoms with Gasteiger partial charge in [-0.1, -0.05) is 18.2 Å². The van der Waals surface area contributed by atoms with E-state index >= 15 is 0 Å². The van der Waals surface area contributed by atoms with Gasteiger partial charge in [0.1, 0.15) is 0 Å². The molecule has 1 unspecified atom stereocenters. The van der Waals surface area contributed by atoms with Crippen LogP contribution >= 0.6 is 0 Å². The number of nitrogens with two attached hydrogens (primary N) is 1. The summed E-state index contributed by atoms with van der Waals surface area (Å²) in [5.74, 6) is 0. The number of hydrogen-bond donors (Lipinski definition) is 1. The quantitative estimate of drug-likeness (QED) is 0.903. The highest BCUT2D eigenvalue weighted by Gasteiger charge is 2.31. The topological polar surface area (TPSA) is 29.3 Å². The Balaban J connectivity index is 2.10. The maximum Gasteiger partial charge on any atom is 0.416 e. The molecule has 0 amide bonds. The van der Waals surface area contributed by atoms with Crippen molar-refractivity contribution in [3.8, 4) is 0 Å². The van der Waals surface area contributed by atoms with Gasteiger partial charge in [0, 0.05) is 19.1 Å². The van der Waals surface area contributed by atoms with Gasteiger partial charge in [-0.3, -0.25) is 4.90 Å². The van der Waals surface area contributed by atoms with Crippen LogP contribution in [0.15, 0.2) is 24.3 Å². The second-order valence-electron chi connectivity index (χ2n) is 4.70. The number of hydrogen-bond acceptors (Lipinski definition) is 2. The molecular weight excluding hydrogens is 241 g/mol. The van der Waals surface area contributed by atoms with E-state index in [4.69, 9.17) is 5.73 Å². The first kappa shape index (κ1) is 13.4. The zero-order chi connectivity index (χ0) is 13.2. The lowest BCUT2D eigenvalue weighted by Crippen LogP contribution is -2.34. The molecule has 2 N–H and O–H groups in total. The molecule has 100 valence electrons. The van der Waals surface area contributed by atoms with Crippen LogP contribution in [0.4, 0.5) is 13.2 Å². The van der Waals surface area contributed by atoms with Gasteiger partial charge in [0.15, 0.2) is 0 Å². The Morgan fingerprint density at radius 2 is 2.11 bits per heavy atom. The van der Waals surface area contributed by atoms with Gasteiger partial charge in [-0.15, -0.1) is 0 Å². The van der Waals surface area contributed by atoms with Crippen LogP contribution in [0.25, 0.3) is 0 Å². The Bertz CT molecular complexity index is 403. The minimum absolute atomic E-state index is 0.305. The largest absolute Gasteiger partial charge is 0.416 e. The fourth-order valence-corrected chi connectivity index (χ4v) is 2.45. The van der Waals surface area contributed by atoms with E-state index in [1.54, 1.807) is 6.07 Å². The summed E-state index contributed by atoms with van der Waals surface area (Å²) in [6.45, 7) is 2.03. The summed E-state index contributed by atoms with van der Waals surface area (Å²) >= 11 is 0. The molecule has 1 aromatic rings. The van der Waals surface area contributed by atoms with Crippen molar-refractivity contribution in [3.63, 3.8) is 0 Å². The minimum Gasteiger partial charge on any atom is -0.329 e. The summed E-state index contributed by atoms with van der Waals surface area (Å²) in [6, 6.07) is 5.84. The van der Waals surface area contributed by atoms with Crippen molar-refractivity contribution < 1.29 is 13.2 Å². The first-order valence-corrected chi connectivity index (χ1v) is 6.11. The van der Waals surface area contributed by atoms with Crippen LogP contribution in [0.3, 0.4) is 0 Å². The van der Waals surface area contributed by atoms with Crippen LogP contribution in [0, 0.1) is 0 Å². The van der Waals surface area contributed by atoms with E-state index in [9.17, 15) is 13.2 Å². The number of benzene rings is 1. The van der Waals surface area contributed by atoms with Crippen LogP contribution < -0.4 is 5.73 Å². The van der Waals surface area contributed by atoms with Crippen molar-refractivity contribution in [1.29, 1.82) is 0 Å². The lowest BCUT2D eigenvalue weighted by Gasteiger charge is -2.23. The molecule has 0 aliphatic carbocycles. The molecule has 1 aliphatic rings. The van der Waals surface area contributed by atoms with E-state index in [-0.39, 0.29) is 0 Å². The lowest BCUT2D eigenvalue weighted by molar-refractivity contribution is -0.137. The van der Waals surface area contributed by atoms with E-state index in [2.05, 4.69) is 4.90 Å². The molecule has 18 heavy (non-hydrogen) atoms. The number of halogens is 3. The third kappa shape index (κ3) is 3.03. The van der Waals surface area contributed by atoms with Crippen LogP contribution in [0.2, 0.25) is 0 Å². The van der Waals surface area contributed by atoms with Crippen LogP contribution in [0.5, 0.6) is 0 Å². The summed E-state index contributed by atoms with van der Waals surface area (Å²) in [4.78, 5) is 2.16. The first-order valence-electron chi connectivity index (χ1n) is 6.11. The molecule has 1 fully saturated rings. The fourth-order valence-electron chi connectivity index (χ4n) is 2.45. The average Bonchev–Trinajstić information content (AvgIpc) is 2.75. The number of rotatable bonds is 3. The highest BCUT2D eigenvalue weighted by atomic mass is 19.4. The molecule has 1 atom stereocenters. The summed E-state index contributed by atoms with van der Waals surface area (Å²) in [5.41, 5.74) is 5.77. The summed E-state index contributed by atoms with van der Waals surface area (Å²) < 4.78 is 37.8. The zero-order valence-corrected chi connectivity index (χ0v) is 10.1. The normalized spacial score (nSPS) is 21.4. The van der Waals surface area contributed by atoms with E-state index < -0.39 is 11.7 Å². The maximum atomic E-state index is 12.6. The van der Waals surface area contributed by atoms with E-state index in [1.807, 2.05) is 0 Å². The standard InChI is InChI=1S/C13H17F3N2/c14-13(15,16)11-4-1-3-10(7-11)9-18-6-2-5-12(18)8-17/h1,3-4,7,12H,2,5-6,8-9,17H2. The van der Waals surface area contributed by atoms with Crippen molar-refractivity contribution in [3.05, 3.63) is 35.4 Å². The summed E-state index contributed by atoms with van der Waals surface area (Å²) in [5, 5.41) is 0. The number of likely N-dealkylation sites (tertiary alicyclic amines) is 1. The molecule has 1 saturated heterocycles. The van der Waals surface area contributed by atoms with Gasteiger partial charge in [0.05, 0.1) is 5.56 Å². The van der Waals surface area contributed by atoms with Crippen molar-refractivity contribution in [2.75, 3.05) is 13.1 Å². The molecule has 2 nitrogen and oxygen atoms in total. The lowest BCUT2D eigenvalue weighted by atomic mass is 10.1. The molecular formula is C13H17F3N2. The van der Waals surface area contributed by atoms with Gasteiger partial charge < -0.3 is 5.73 Å². The monoisotopic (exact) mass is 258 g/mol. The second kappa shape index (κ2) is 5.28. The Kier molecular flexibility index (Phi) is 3.92. The SMILES string of the molecule is NCC1CCCN1Cc1cccc(C(F)(F)F)c1. The third-order valence-corrected chi connectivity index (χ3v) is 3.41. The predicted octanol–water partition coefficient (Wildman–Crippen LogP) is 2.63. The Morgan fingerprint density at radius 3 is 2.78 bits per heavy atom. The van der Waals surface area contributed by atoms with Gasteiger partial charge in [-0.05, 0) is 31.0 Å². The molecule has 0 bridgehead atoms. The van der Waals surface area contributed by atoms with Crippen LogP contribution in [0.1, 0.15) is 24.0 Å². The zero-order valence-electron chi connectivity index (χ0n) is 10.1. The molecule has 2 rings (SSSR count). The summed E-state index contributed by atoms with van der Waals surface area (Å²) in [6.07, 6.45) is -2.16. The molecule has 0 spiro atoms. The van der Waals surface area contributed by atoms with Gasteiger partial charge in [-0.25, -0.2) is 0 Å². The fraction of sp³-hybridized carbons (Fsp3) is 0.538. The molecule has 1 aliphatic heterocycles. The number of alkyl halides is 3. The highest BCUT2D eigenvalue weighted by Crippen LogP contribution is 2.30. The summed E-state index contributed by atoms with van der Waals surface area (Å²) in [7, 11) is 0. The Hall–Kier alpha value is -1.07. The average molecular weight is 258 g/mol. The van der Waals surface area contributed by atoms with Gasteiger partial charge >= 0.3 is 6.18 Å². The smallest absolute Gasteiger partial charge is 0.329 e. The molecule has 0 aromatic heterocycles. The maximum absolute atomic E-state index is 12.6. The Labute approximate surface area is 105 Å². The van der Waals surface area contributed by atoms with Crippen molar-refractivity contribution in [2.24, 2.45) is 5.73 Å². The van der Waals surface area contributed by atoms with Gasteiger partial charge in [0.2, 0.25) is 0 Å². The molecule has 5 heteroatoms. The van der Waals surface area contributed by atoms with Gasteiger partial charge in [0.25, 0.3) is 0 Å². The van der Waals surface area contributed by atoms with E-state index in [0.29, 0.717) is 24.7 Å². The molecule has 1 heterocycles. The molecule has 0 saturated carbocycles. The Morgan fingerprint density at radius 1 is 1.33 bits per heavy atom. The van der Waals surface area contributed by atoms with Crippen molar-refractivity contribution >= 4 is 0 Å². The van der Waals surface area contributed by atoms with E-state index in [1.165, 1.54) is 12.1 Å². The highest BCUT2D eigenvalue weighted by molar-refractivity contribution is 5.25. The van der Waals surface area contributed by atoms with Crippen LogP contribution in [-0.2, 0) is 12.7 Å². The molecule has 0 radical (unpaired) electrons. The van der Waals surface area contributed by atoms with Crippen molar-refractivity contribution in [2.45, 2.75) is 31.6 Å². The van der Waals surface area contributed by atoms with Gasteiger partial charge in [-0.2, -0.15) is 13.2 Å². The number of nitrogens with zero attached hydrogens (tertiary/aromatic N) is 1. The van der Waals surface area contributed by atoms with Crippen LogP contribution in [-0.4, -0.2) is 24.0 Å². The molecule has 1 aromatic carbocycles. The minimum atomic E-state index is -4.27. The predicted molar refractivity (Wildman–Crippen MR) is 63.9 cm³/mol. The third-order valence-electron chi connectivity index (χ3n) is 3.41.